The Morgan fingerprint density at radius 3 is 1.88 bits per heavy atom. The van der Waals surface area contributed by atoms with Gasteiger partial charge in [0.1, 0.15) is 0 Å². The molecule has 3 unspecified atom stereocenters. The van der Waals surface area contributed by atoms with Crippen LogP contribution >= 0.6 is 0 Å². The fraction of sp³-hybridized carbons (Fsp3) is 0.647. The molecule has 0 rings (SSSR count). The van der Waals surface area contributed by atoms with Crippen molar-refractivity contribution in [2.45, 2.75) is 39.0 Å². The smallest absolute Gasteiger partial charge is 0.243 e. The lowest BCUT2D eigenvalue weighted by atomic mass is 10.3. The number of carbonyl (C=O) groups excluding carboxylic acids is 2. The Hall–Kier alpha value is -1.70. The van der Waals surface area contributed by atoms with Crippen molar-refractivity contribution in [1.82, 2.24) is 10.6 Å². The first kappa shape index (κ1) is 22.3. The predicted molar refractivity (Wildman–Crippen MR) is 92.7 cm³/mol. The highest BCUT2D eigenvalue weighted by Gasteiger charge is 2.08. The highest BCUT2D eigenvalue weighted by molar-refractivity contribution is 5.87. The first-order chi connectivity index (χ1) is 11.4. The number of amides is 2. The Morgan fingerprint density at radius 2 is 1.38 bits per heavy atom. The molecule has 3 atom stereocenters. The van der Waals surface area contributed by atoms with E-state index in [1.165, 1.54) is 12.2 Å². The average molecular weight is 342 g/mol. The van der Waals surface area contributed by atoms with Crippen molar-refractivity contribution in [2.75, 3.05) is 33.0 Å². The number of nitrogens with one attached hydrogen (secondary N) is 2. The van der Waals surface area contributed by atoms with Gasteiger partial charge in [0, 0.05) is 12.1 Å². The topological polar surface area (TPSA) is 85.9 Å². The van der Waals surface area contributed by atoms with E-state index in [0.29, 0.717) is 33.0 Å². The summed E-state index contributed by atoms with van der Waals surface area (Å²) in [5.41, 5.74) is 0. The van der Waals surface area contributed by atoms with Crippen LogP contribution in [0.5, 0.6) is 0 Å². The second-order valence-electron chi connectivity index (χ2n) is 5.52. The molecule has 0 radical (unpaired) electrons. The Balaban J connectivity index is 3.57. The first-order valence-corrected chi connectivity index (χ1v) is 8.02. The summed E-state index contributed by atoms with van der Waals surface area (Å²) in [5, 5.41) is 5.42. The molecule has 0 heterocycles. The highest BCUT2D eigenvalue weighted by atomic mass is 16.5. The van der Waals surface area contributed by atoms with Crippen molar-refractivity contribution >= 4 is 11.8 Å². The third-order valence-corrected chi connectivity index (χ3v) is 2.87. The van der Waals surface area contributed by atoms with Crippen LogP contribution in [0.3, 0.4) is 0 Å². The van der Waals surface area contributed by atoms with Crippen LogP contribution in [0.4, 0.5) is 0 Å². The summed E-state index contributed by atoms with van der Waals surface area (Å²) in [6, 6.07) is -0.165. The minimum atomic E-state index is -0.217. The summed E-state index contributed by atoms with van der Waals surface area (Å²) in [7, 11) is 0. The summed E-state index contributed by atoms with van der Waals surface area (Å²) >= 11 is 0. The van der Waals surface area contributed by atoms with Crippen LogP contribution in [0, 0.1) is 0 Å². The van der Waals surface area contributed by atoms with Gasteiger partial charge in [-0.15, -0.1) is 0 Å². The Morgan fingerprint density at radius 1 is 0.875 bits per heavy atom. The van der Waals surface area contributed by atoms with Crippen molar-refractivity contribution < 1.29 is 23.8 Å². The van der Waals surface area contributed by atoms with Gasteiger partial charge in [0.05, 0.1) is 39.1 Å². The minimum Gasteiger partial charge on any atom is -0.377 e. The molecule has 0 aromatic heterocycles. The fourth-order valence-electron chi connectivity index (χ4n) is 1.71. The third-order valence-electron chi connectivity index (χ3n) is 2.87. The fourth-order valence-corrected chi connectivity index (χ4v) is 1.71. The molecule has 0 spiro atoms. The Bertz CT molecular complexity index is 400. The lowest BCUT2D eigenvalue weighted by molar-refractivity contribution is -0.118. The van der Waals surface area contributed by atoms with Gasteiger partial charge in [-0.1, -0.05) is 13.2 Å². The largest absolute Gasteiger partial charge is 0.377 e. The van der Waals surface area contributed by atoms with Crippen LogP contribution < -0.4 is 10.6 Å². The molecule has 7 heteroatoms. The zero-order chi connectivity index (χ0) is 18.4. The van der Waals surface area contributed by atoms with Crippen LogP contribution in [0.15, 0.2) is 25.3 Å². The molecule has 0 aliphatic rings. The predicted octanol–water partition coefficient (Wildman–Crippen LogP) is 0.806. The number of carbonyl (C=O) groups is 2. The van der Waals surface area contributed by atoms with Gasteiger partial charge >= 0.3 is 0 Å². The van der Waals surface area contributed by atoms with Crippen molar-refractivity contribution in [2.24, 2.45) is 0 Å². The molecule has 7 nitrogen and oxygen atoms in total. The van der Waals surface area contributed by atoms with Crippen LogP contribution in [0.25, 0.3) is 0 Å². The van der Waals surface area contributed by atoms with Crippen LogP contribution in [0.1, 0.15) is 20.8 Å². The average Bonchev–Trinajstić information content (AvgIpc) is 2.54. The molecule has 138 valence electrons. The van der Waals surface area contributed by atoms with E-state index in [1.54, 1.807) is 0 Å². The summed E-state index contributed by atoms with van der Waals surface area (Å²) in [6.07, 6.45) is 2.38. The second-order valence-corrected chi connectivity index (χ2v) is 5.52. The van der Waals surface area contributed by atoms with Gasteiger partial charge in [0.2, 0.25) is 11.8 Å². The van der Waals surface area contributed by atoms with Gasteiger partial charge in [-0.3, -0.25) is 9.59 Å². The minimum absolute atomic E-state index is 0.0752. The van der Waals surface area contributed by atoms with Crippen molar-refractivity contribution in [1.29, 1.82) is 0 Å². The maximum absolute atomic E-state index is 11.1. The quantitative estimate of drug-likeness (QED) is 0.360. The zero-order valence-electron chi connectivity index (χ0n) is 14.9. The van der Waals surface area contributed by atoms with E-state index < -0.39 is 0 Å². The molecular formula is C17H30N2O5. The normalized spacial score (nSPS) is 14.3. The highest BCUT2D eigenvalue weighted by Crippen LogP contribution is 1.95. The molecule has 2 amide bonds. The molecular weight excluding hydrogens is 312 g/mol. The van der Waals surface area contributed by atoms with E-state index in [1.807, 2.05) is 20.8 Å². The van der Waals surface area contributed by atoms with Gasteiger partial charge in [0.25, 0.3) is 0 Å². The summed E-state index contributed by atoms with van der Waals surface area (Å²) in [6.45, 7) is 14.5. The molecule has 0 aliphatic carbocycles. The first-order valence-electron chi connectivity index (χ1n) is 8.02. The van der Waals surface area contributed by atoms with E-state index in [-0.39, 0.29) is 30.0 Å². The Kier molecular flexibility index (Phi) is 12.7. The number of rotatable bonds is 14. The Labute approximate surface area is 144 Å². The van der Waals surface area contributed by atoms with E-state index >= 15 is 0 Å². The van der Waals surface area contributed by atoms with Gasteiger partial charge in [-0.05, 0) is 32.9 Å². The lowest BCUT2D eigenvalue weighted by Crippen LogP contribution is -2.35. The van der Waals surface area contributed by atoms with Crippen LogP contribution in [-0.2, 0) is 23.8 Å². The molecule has 0 saturated heterocycles. The summed E-state index contributed by atoms with van der Waals surface area (Å²) in [5.74, 6) is -0.433. The van der Waals surface area contributed by atoms with E-state index in [2.05, 4.69) is 23.8 Å². The van der Waals surface area contributed by atoms with Gasteiger partial charge in [0.15, 0.2) is 0 Å². The van der Waals surface area contributed by atoms with E-state index in [4.69, 9.17) is 14.2 Å². The van der Waals surface area contributed by atoms with Gasteiger partial charge in [-0.2, -0.15) is 0 Å². The number of hydrogen-bond donors (Lipinski definition) is 2. The van der Waals surface area contributed by atoms with Gasteiger partial charge in [-0.25, -0.2) is 0 Å². The zero-order valence-corrected chi connectivity index (χ0v) is 14.9. The lowest BCUT2D eigenvalue weighted by Gasteiger charge is -2.17. The van der Waals surface area contributed by atoms with Gasteiger partial charge < -0.3 is 24.8 Å². The summed E-state index contributed by atoms with van der Waals surface area (Å²) in [4.78, 5) is 22.2. The van der Waals surface area contributed by atoms with Crippen molar-refractivity contribution in [3.63, 3.8) is 0 Å². The molecule has 0 aromatic rings. The van der Waals surface area contributed by atoms with E-state index in [9.17, 15) is 9.59 Å². The molecule has 0 aliphatic heterocycles. The van der Waals surface area contributed by atoms with Crippen molar-refractivity contribution in [3.05, 3.63) is 25.3 Å². The maximum Gasteiger partial charge on any atom is 0.243 e. The molecule has 0 saturated carbocycles. The summed E-state index contributed by atoms with van der Waals surface area (Å²) < 4.78 is 16.5. The molecule has 0 fully saturated rings. The molecule has 0 aromatic carbocycles. The number of ether oxygens (including phenoxy) is 3. The molecule has 0 bridgehead atoms. The molecule has 2 N–H and O–H groups in total. The standard InChI is InChI=1S/C17H30N2O5/c1-6-16(20)18-13(3)10-22-8-9-24-15(5)12-23-11-14(4)19-17(21)7-2/h6-7,13-15H,1-2,8-12H2,3-5H3,(H,18,20)(H,19,21). The number of hydrogen-bond acceptors (Lipinski definition) is 5. The SMILES string of the molecule is C=CC(=O)NC(C)COCCOC(C)COCC(C)NC(=O)C=C. The van der Waals surface area contributed by atoms with Crippen molar-refractivity contribution in [3.8, 4) is 0 Å². The molecule has 24 heavy (non-hydrogen) atoms. The van der Waals surface area contributed by atoms with Crippen LogP contribution in [0.2, 0.25) is 0 Å². The van der Waals surface area contributed by atoms with Crippen LogP contribution in [-0.4, -0.2) is 63.0 Å². The maximum atomic E-state index is 11.1. The second kappa shape index (κ2) is 13.7. The third kappa shape index (κ3) is 12.8. The van der Waals surface area contributed by atoms with E-state index in [0.717, 1.165) is 0 Å². The monoisotopic (exact) mass is 342 g/mol.